The van der Waals surface area contributed by atoms with Crippen molar-refractivity contribution in [3.8, 4) is 0 Å². The predicted molar refractivity (Wildman–Crippen MR) is 62.1 cm³/mol. The van der Waals surface area contributed by atoms with Gasteiger partial charge in [-0.3, -0.25) is 0 Å². The summed E-state index contributed by atoms with van der Waals surface area (Å²) >= 11 is 9.64. The summed E-state index contributed by atoms with van der Waals surface area (Å²) in [7, 11) is 0. The fraction of sp³-hybridized carbons (Fsp3) is 0.125. The number of hydrogen-bond donors (Lipinski definition) is 2. The number of aliphatic carboxylic acids is 1. The zero-order valence-corrected chi connectivity index (χ0v) is 11.4. The van der Waals surface area contributed by atoms with E-state index in [4.69, 9.17) is 5.11 Å². The van der Waals surface area contributed by atoms with Crippen LogP contribution in [0.2, 0.25) is 0 Å². The number of aliphatic hydroxyl groups excluding tert-OH is 1. The molecule has 1 unspecified atom stereocenters. The van der Waals surface area contributed by atoms with Gasteiger partial charge in [-0.2, -0.15) is 0 Å². The van der Waals surface area contributed by atoms with Gasteiger partial charge in [-0.15, -0.1) is 0 Å². The van der Waals surface area contributed by atoms with E-state index in [9.17, 15) is 9.90 Å². The normalized spacial score (nSPS) is 12.6. The number of carboxylic acids is 1. The Balaban J connectivity index is 3.26. The summed E-state index contributed by atoms with van der Waals surface area (Å²) in [4.78, 5) is 10.6. The Kier molecular flexibility index (Phi) is 4.12. The molecule has 0 heterocycles. The van der Waals surface area contributed by atoms with Crippen LogP contribution in [0.3, 0.4) is 0 Å². The van der Waals surface area contributed by atoms with Crippen LogP contribution in [0.5, 0.6) is 0 Å². The molecular weight excluding hydrogens is 384 g/mol. The molecule has 1 rings (SSSR count). The van der Waals surface area contributed by atoms with Crippen LogP contribution in [0.25, 0.3) is 0 Å². The van der Waals surface area contributed by atoms with Gasteiger partial charge in [0.2, 0.25) is 0 Å². The van der Waals surface area contributed by atoms with Crippen molar-refractivity contribution in [2.45, 2.75) is 6.10 Å². The van der Waals surface area contributed by atoms with Gasteiger partial charge in [0, 0.05) is 19.0 Å². The summed E-state index contributed by atoms with van der Waals surface area (Å²) < 4.78 is 1.92. The maximum absolute atomic E-state index is 10.6. The highest BCUT2D eigenvalue weighted by molar-refractivity contribution is 9.13. The Hall–Kier alpha value is 0.0900. The summed E-state index contributed by atoms with van der Waals surface area (Å²) in [6.45, 7) is 0. The third kappa shape index (κ3) is 2.56. The lowest BCUT2D eigenvalue weighted by atomic mass is 10.1. The quantitative estimate of drug-likeness (QED) is 0.765. The molecular formula is C8H5Br3O3. The monoisotopic (exact) mass is 386 g/mol. The smallest absolute Gasteiger partial charge is 0.337 e. The molecule has 0 bridgehead atoms. The molecule has 0 aliphatic carbocycles. The lowest BCUT2D eigenvalue weighted by Crippen LogP contribution is -2.11. The van der Waals surface area contributed by atoms with Crippen molar-refractivity contribution in [3.05, 3.63) is 31.1 Å². The van der Waals surface area contributed by atoms with Crippen molar-refractivity contribution in [1.82, 2.24) is 0 Å². The van der Waals surface area contributed by atoms with E-state index in [1.807, 2.05) is 0 Å². The van der Waals surface area contributed by atoms with Crippen molar-refractivity contribution in [2.75, 3.05) is 0 Å². The first-order valence-electron chi connectivity index (χ1n) is 3.48. The minimum Gasteiger partial charge on any atom is -0.479 e. The van der Waals surface area contributed by atoms with Crippen molar-refractivity contribution in [1.29, 1.82) is 0 Å². The molecule has 0 amide bonds. The predicted octanol–water partition coefficient (Wildman–Crippen LogP) is 3.09. The van der Waals surface area contributed by atoms with E-state index in [2.05, 4.69) is 47.8 Å². The van der Waals surface area contributed by atoms with Gasteiger partial charge < -0.3 is 10.2 Å². The molecule has 14 heavy (non-hydrogen) atoms. The number of hydrogen-bond acceptors (Lipinski definition) is 2. The molecule has 0 aliphatic rings. The first-order valence-corrected chi connectivity index (χ1v) is 5.86. The molecule has 6 heteroatoms. The molecule has 0 aromatic heterocycles. The molecule has 0 saturated heterocycles. The second kappa shape index (κ2) is 4.74. The van der Waals surface area contributed by atoms with E-state index in [1.165, 1.54) is 0 Å². The molecule has 0 fully saturated rings. The van der Waals surface area contributed by atoms with Crippen LogP contribution in [0.4, 0.5) is 0 Å². The van der Waals surface area contributed by atoms with E-state index in [0.29, 0.717) is 19.0 Å². The summed E-state index contributed by atoms with van der Waals surface area (Å²) in [5, 5.41) is 18.0. The van der Waals surface area contributed by atoms with Gasteiger partial charge in [-0.1, -0.05) is 15.9 Å². The molecule has 0 radical (unpaired) electrons. The summed E-state index contributed by atoms with van der Waals surface area (Å²) in [6.07, 6.45) is -1.53. The SMILES string of the molecule is O=C(O)C(O)c1cc(Br)cc(Br)c1Br. The van der Waals surface area contributed by atoms with Crippen LogP contribution in [-0.2, 0) is 4.79 Å². The molecule has 1 aromatic rings. The minimum absolute atomic E-state index is 0.304. The topological polar surface area (TPSA) is 57.5 Å². The Morgan fingerprint density at radius 3 is 2.36 bits per heavy atom. The molecule has 0 aliphatic heterocycles. The van der Waals surface area contributed by atoms with Gasteiger partial charge in [-0.25, -0.2) is 4.79 Å². The maximum atomic E-state index is 10.6. The van der Waals surface area contributed by atoms with Crippen molar-refractivity contribution >= 4 is 53.8 Å². The Morgan fingerprint density at radius 1 is 1.29 bits per heavy atom. The highest BCUT2D eigenvalue weighted by Gasteiger charge is 2.20. The number of aliphatic hydroxyl groups is 1. The highest BCUT2D eigenvalue weighted by atomic mass is 79.9. The fourth-order valence-corrected chi connectivity index (χ4v) is 2.61. The number of rotatable bonds is 2. The molecule has 1 aromatic carbocycles. The van der Waals surface area contributed by atoms with Crippen LogP contribution in [0, 0.1) is 0 Å². The Morgan fingerprint density at radius 2 is 1.86 bits per heavy atom. The lowest BCUT2D eigenvalue weighted by Gasteiger charge is -2.10. The van der Waals surface area contributed by atoms with Crippen LogP contribution >= 0.6 is 47.8 Å². The van der Waals surface area contributed by atoms with Gasteiger partial charge in [0.05, 0.1) is 0 Å². The van der Waals surface area contributed by atoms with Crippen molar-refractivity contribution < 1.29 is 15.0 Å². The van der Waals surface area contributed by atoms with Crippen molar-refractivity contribution in [3.63, 3.8) is 0 Å². The highest BCUT2D eigenvalue weighted by Crippen LogP contribution is 2.34. The van der Waals surface area contributed by atoms with Gasteiger partial charge in [-0.05, 0) is 44.0 Å². The summed E-state index contributed by atoms with van der Waals surface area (Å²) in [5.41, 5.74) is 0.304. The van der Waals surface area contributed by atoms with E-state index >= 15 is 0 Å². The second-order valence-corrected chi connectivity index (χ2v) is 5.09. The molecule has 3 nitrogen and oxygen atoms in total. The van der Waals surface area contributed by atoms with E-state index in [-0.39, 0.29) is 0 Å². The van der Waals surface area contributed by atoms with Crippen molar-refractivity contribution in [2.24, 2.45) is 0 Å². The summed E-state index contributed by atoms with van der Waals surface area (Å²) in [6, 6.07) is 3.30. The minimum atomic E-state index is -1.53. The maximum Gasteiger partial charge on any atom is 0.337 e. The van der Waals surface area contributed by atoms with Gasteiger partial charge in [0.15, 0.2) is 6.10 Å². The van der Waals surface area contributed by atoms with E-state index in [0.717, 1.165) is 0 Å². The van der Waals surface area contributed by atoms with E-state index in [1.54, 1.807) is 12.1 Å². The van der Waals surface area contributed by atoms with E-state index < -0.39 is 12.1 Å². The second-order valence-electron chi connectivity index (χ2n) is 2.53. The van der Waals surface area contributed by atoms with Gasteiger partial charge >= 0.3 is 5.97 Å². The standard InChI is InChI=1S/C8H5Br3O3/c9-3-1-4(7(12)8(13)14)6(11)5(10)2-3/h1-2,7,12H,(H,13,14). The molecule has 0 spiro atoms. The first-order chi connectivity index (χ1) is 6.43. The lowest BCUT2D eigenvalue weighted by molar-refractivity contribution is -0.147. The largest absolute Gasteiger partial charge is 0.479 e. The van der Waals surface area contributed by atoms with Crippen LogP contribution in [0.1, 0.15) is 11.7 Å². The number of halogens is 3. The fourth-order valence-electron chi connectivity index (χ4n) is 0.908. The number of benzene rings is 1. The van der Waals surface area contributed by atoms with Crippen LogP contribution in [0.15, 0.2) is 25.6 Å². The van der Waals surface area contributed by atoms with Gasteiger partial charge in [0.25, 0.3) is 0 Å². The zero-order valence-electron chi connectivity index (χ0n) is 6.67. The van der Waals surface area contributed by atoms with Crippen LogP contribution in [-0.4, -0.2) is 16.2 Å². The molecule has 0 saturated carbocycles. The summed E-state index contributed by atoms with van der Waals surface area (Å²) in [5.74, 6) is -1.28. The Bertz CT molecular complexity index is 378. The molecule has 2 N–H and O–H groups in total. The molecule has 76 valence electrons. The third-order valence-electron chi connectivity index (χ3n) is 1.55. The Labute approximate surface area is 106 Å². The molecule has 1 atom stereocenters. The van der Waals surface area contributed by atoms with Gasteiger partial charge in [0.1, 0.15) is 0 Å². The van der Waals surface area contributed by atoms with Crippen LogP contribution < -0.4 is 0 Å². The number of carboxylic acid groups (broad SMARTS) is 1. The zero-order chi connectivity index (χ0) is 10.9. The average molecular weight is 389 g/mol. The first kappa shape index (κ1) is 12.2. The number of carbonyl (C=O) groups is 1. The third-order valence-corrected chi connectivity index (χ3v) is 4.05. The average Bonchev–Trinajstić information content (AvgIpc) is 2.09.